The smallest absolute Gasteiger partial charge is 0.246 e. The Morgan fingerprint density at radius 2 is 1.72 bits per heavy atom. The van der Waals surface area contributed by atoms with Gasteiger partial charge in [-0.05, 0) is 30.1 Å². The van der Waals surface area contributed by atoms with Crippen LogP contribution in [0, 0.1) is 35.5 Å². The first kappa shape index (κ1) is 20.0. The Kier molecular flexibility index (Phi) is 4.65. The summed E-state index contributed by atoms with van der Waals surface area (Å²) >= 11 is 1.12. The summed E-state index contributed by atoms with van der Waals surface area (Å²) < 4.78 is 5.25. The van der Waals surface area contributed by atoms with Gasteiger partial charge in [0.25, 0.3) is 0 Å². The van der Waals surface area contributed by atoms with Crippen LogP contribution in [0.1, 0.15) is 11.4 Å². The molecule has 1 N–H and O–H groups in total. The largest absolute Gasteiger partial charge is 0.378 e. The molecular weight excluding hydrogens is 434 g/mol. The van der Waals surface area contributed by atoms with Gasteiger partial charge in [0.2, 0.25) is 28.8 Å². The van der Waals surface area contributed by atoms with E-state index in [4.69, 9.17) is 4.74 Å². The van der Waals surface area contributed by atoms with Crippen LogP contribution in [0.4, 0.5) is 5.13 Å². The van der Waals surface area contributed by atoms with E-state index in [1.54, 1.807) is 4.90 Å². The third kappa shape index (κ3) is 3.17. The summed E-state index contributed by atoms with van der Waals surface area (Å²) in [5.74, 6) is -0.306. The zero-order valence-electron chi connectivity index (χ0n) is 17.3. The first-order valence-electron chi connectivity index (χ1n) is 11.0. The molecular formula is C21H23N5O5S. The Morgan fingerprint density at radius 1 is 1.06 bits per heavy atom. The lowest BCUT2D eigenvalue weighted by Gasteiger charge is -2.37. The van der Waals surface area contributed by atoms with Crippen LogP contribution in [-0.4, -0.2) is 76.5 Å². The number of rotatable bonds is 5. The van der Waals surface area contributed by atoms with Crippen LogP contribution < -0.4 is 5.32 Å². The molecule has 10 nitrogen and oxygen atoms in total. The first-order valence-corrected chi connectivity index (χ1v) is 11.8. The molecule has 4 aliphatic carbocycles. The molecule has 0 radical (unpaired) electrons. The van der Waals surface area contributed by atoms with E-state index < -0.39 is 5.91 Å². The molecule has 3 heterocycles. The third-order valence-electron chi connectivity index (χ3n) is 7.44. The lowest BCUT2D eigenvalue weighted by Crippen LogP contribution is -2.41. The van der Waals surface area contributed by atoms with E-state index in [1.807, 2.05) is 0 Å². The first-order chi connectivity index (χ1) is 15.5. The fraction of sp³-hybridized carbons (Fsp3) is 0.619. The van der Waals surface area contributed by atoms with Crippen LogP contribution in [0.15, 0.2) is 12.2 Å². The molecule has 7 rings (SSSR count). The maximum Gasteiger partial charge on any atom is 0.246 e. The van der Waals surface area contributed by atoms with Crippen molar-refractivity contribution in [3.05, 3.63) is 17.2 Å². The number of aromatic nitrogens is 2. The number of likely N-dealkylation sites (tertiary alicyclic amines) is 1. The standard InChI is InChI=1S/C21H23N5O5S/c27-14(22-21-24-23-15(32-21)8-16(28)25-3-5-31-6-4-25)9-26-19(29)17-10-1-2-11(13-7-12(10)13)18(17)20(26)30/h1-2,10-13,17-18H,3-9H2,(H,22,24,27)/t10-,11-,12-,13+,17-,18+/m0/s1. The number of hydrogen-bond donors (Lipinski definition) is 1. The molecule has 6 aliphatic rings. The van der Waals surface area contributed by atoms with Crippen LogP contribution in [0.3, 0.4) is 0 Å². The molecule has 4 amide bonds. The van der Waals surface area contributed by atoms with E-state index in [2.05, 4.69) is 27.7 Å². The minimum Gasteiger partial charge on any atom is -0.378 e. The Morgan fingerprint density at radius 3 is 2.38 bits per heavy atom. The van der Waals surface area contributed by atoms with E-state index in [0.29, 0.717) is 43.1 Å². The second-order valence-corrected chi connectivity index (χ2v) is 10.2. The molecule has 4 fully saturated rings. The number of amides is 4. The van der Waals surface area contributed by atoms with Gasteiger partial charge in [-0.1, -0.05) is 23.5 Å². The van der Waals surface area contributed by atoms with Crippen LogP contribution in [0.5, 0.6) is 0 Å². The average Bonchev–Trinajstić information content (AvgIpc) is 3.47. The molecule has 6 atom stereocenters. The zero-order valence-corrected chi connectivity index (χ0v) is 18.1. The van der Waals surface area contributed by atoms with Crippen molar-refractivity contribution in [3.8, 4) is 0 Å². The van der Waals surface area contributed by atoms with E-state index in [1.165, 1.54) is 0 Å². The predicted octanol–water partition coefficient (Wildman–Crippen LogP) is -0.0690. The number of ether oxygens (including phenoxy) is 1. The van der Waals surface area contributed by atoms with Gasteiger partial charge < -0.3 is 9.64 Å². The normalized spacial score (nSPS) is 34.5. The van der Waals surface area contributed by atoms with Gasteiger partial charge in [0.05, 0.1) is 31.5 Å². The summed E-state index contributed by atoms with van der Waals surface area (Å²) in [5, 5.41) is 11.3. The van der Waals surface area contributed by atoms with Crippen molar-refractivity contribution >= 4 is 40.1 Å². The van der Waals surface area contributed by atoms with Gasteiger partial charge in [-0.3, -0.25) is 29.4 Å². The van der Waals surface area contributed by atoms with Crippen molar-refractivity contribution in [2.45, 2.75) is 12.8 Å². The number of carbonyl (C=O) groups is 4. The van der Waals surface area contributed by atoms with Gasteiger partial charge in [-0.2, -0.15) is 0 Å². The molecule has 1 aromatic heterocycles. The Hall–Kier alpha value is -2.66. The van der Waals surface area contributed by atoms with Crippen LogP contribution in [0.2, 0.25) is 0 Å². The summed E-state index contributed by atoms with van der Waals surface area (Å²) in [5.41, 5.74) is 0. The highest BCUT2D eigenvalue weighted by atomic mass is 32.1. The zero-order chi connectivity index (χ0) is 22.0. The lowest BCUT2D eigenvalue weighted by molar-refractivity contribution is -0.143. The van der Waals surface area contributed by atoms with Crippen LogP contribution in [-0.2, 0) is 30.3 Å². The topological polar surface area (TPSA) is 122 Å². The van der Waals surface area contributed by atoms with Crippen LogP contribution >= 0.6 is 11.3 Å². The van der Waals surface area contributed by atoms with E-state index in [0.717, 1.165) is 22.7 Å². The molecule has 0 aromatic carbocycles. The van der Waals surface area contributed by atoms with Gasteiger partial charge in [0, 0.05) is 13.1 Å². The van der Waals surface area contributed by atoms with Gasteiger partial charge in [-0.15, -0.1) is 10.2 Å². The highest BCUT2D eigenvalue weighted by Gasteiger charge is 2.67. The van der Waals surface area contributed by atoms with Gasteiger partial charge in [-0.25, -0.2) is 0 Å². The number of nitrogens with zero attached hydrogens (tertiary/aromatic N) is 4. The second kappa shape index (κ2) is 7.45. The quantitative estimate of drug-likeness (QED) is 0.485. The SMILES string of the molecule is O=C(CN1C(=O)[C@@H]2[C@H]3C=C[C@@H]([C@@H]4C[C@H]34)[C@@H]2C1=O)Nc1nnc(CC(=O)N2CCOCC2)s1. The molecule has 2 bridgehead atoms. The van der Waals surface area contributed by atoms with E-state index in [-0.39, 0.29) is 59.5 Å². The Labute approximate surface area is 188 Å². The van der Waals surface area contributed by atoms with Crippen molar-refractivity contribution in [1.82, 2.24) is 20.0 Å². The number of imide groups is 1. The fourth-order valence-corrected chi connectivity index (χ4v) is 6.65. The molecule has 2 saturated carbocycles. The van der Waals surface area contributed by atoms with Crippen molar-refractivity contribution < 1.29 is 23.9 Å². The van der Waals surface area contributed by atoms with Gasteiger partial charge in [0.15, 0.2) is 0 Å². The molecule has 2 aliphatic heterocycles. The number of carbonyl (C=O) groups excluding carboxylic acids is 4. The van der Waals surface area contributed by atoms with Crippen molar-refractivity contribution in [2.75, 3.05) is 38.2 Å². The highest BCUT2D eigenvalue weighted by Crippen LogP contribution is 2.65. The Bertz CT molecular complexity index is 998. The molecule has 32 heavy (non-hydrogen) atoms. The number of anilines is 1. The van der Waals surface area contributed by atoms with E-state index >= 15 is 0 Å². The molecule has 0 spiro atoms. The Balaban J connectivity index is 1.07. The molecule has 1 aromatic rings. The number of morpholine rings is 1. The van der Waals surface area contributed by atoms with Gasteiger partial charge in [0.1, 0.15) is 11.6 Å². The number of allylic oxidation sites excluding steroid dienone is 2. The fourth-order valence-electron chi connectivity index (χ4n) is 5.91. The van der Waals surface area contributed by atoms with Crippen LogP contribution in [0.25, 0.3) is 0 Å². The molecule has 168 valence electrons. The minimum atomic E-state index is -0.488. The van der Waals surface area contributed by atoms with Crippen molar-refractivity contribution in [2.24, 2.45) is 35.5 Å². The average molecular weight is 458 g/mol. The number of hydrogen-bond acceptors (Lipinski definition) is 8. The maximum absolute atomic E-state index is 13.0. The molecule has 11 heteroatoms. The lowest BCUT2D eigenvalue weighted by atomic mass is 9.63. The van der Waals surface area contributed by atoms with Gasteiger partial charge >= 0.3 is 0 Å². The summed E-state index contributed by atoms with van der Waals surface area (Å²) in [7, 11) is 0. The second-order valence-electron chi connectivity index (χ2n) is 9.14. The summed E-state index contributed by atoms with van der Waals surface area (Å²) in [6.45, 7) is 1.84. The van der Waals surface area contributed by atoms with Crippen molar-refractivity contribution in [1.29, 1.82) is 0 Å². The van der Waals surface area contributed by atoms with Crippen molar-refractivity contribution in [3.63, 3.8) is 0 Å². The third-order valence-corrected chi connectivity index (χ3v) is 8.27. The predicted molar refractivity (Wildman–Crippen MR) is 111 cm³/mol. The minimum absolute atomic E-state index is 0.0560. The summed E-state index contributed by atoms with van der Waals surface area (Å²) in [6.07, 6.45) is 5.42. The molecule has 2 saturated heterocycles. The number of nitrogens with one attached hydrogen (secondary N) is 1. The highest BCUT2D eigenvalue weighted by molar-refractivity contribution is 7.15. The maximum atomic E-state index is 13.0. The van der Waals surface area contributed by atoms with E-state index in [9.17, 15) is 19.2 Å². The summed E-state index contributed by atoms with van der Waals surface area (Å²) in [4.78, 5) is 53.7. The molecule has 0 unspecified atom stereocenters. The monoisotopic (exact) mass is 457 g/mol. The summed E-state index contributed by atoms with van der Waals surface area (Å²) in [6, 6.07) is 0.